The molecule has 0 saturated heterocycles. The zero-order chi connectivity index (χ0) is 17.0. The number of rotatable bonds is 6. The van der Waals surface area contributed by atoms with E-state index in [1.807, 2.05) is 23.6 Å². The molecule has 7 heteroatoms. The van der Waals surface area contributed by atoms with Crippen LogP contribution in [0.5, 0.6) is 0 Å². The maximum absolute atomic E-state index is 12.4. The molecule has 0 atom stereocenters. The molecule has 1 aliphatic rings. The lowest BCUT2D eigenvalue weighted by Crippen LogP contribution is -2.36. The number of aliphatic hydroxyl groups excluding tert-OH is 1. The summed E-state index contributed by atoms with van der Waals surface area (Å²) in [5, 5.41) is 29.0. The van der Waals surface area contributed by atoms with Gasteiger partial charge in [0.1, 0.15) is 11.5 Å². The lowest BCUT2D eigenvalue weighted by atomic mass is 9.82. The van der Waals surface area contributed by atoms with Gasteiger partial charge in [0.25, 0.3) is 0 Å². The number of aliphatic hydroxyl groups is 2. The van der Waals surface area contributed by atoms with Crippen LogP contribution in [0, 0.1) is 0 Å². The van der Waals surface area contributed by atoms with Crippen molar-refractivity contribution in [2.24, 2.45) is 0 Å². The minimum Gasteiger partial charge on any atom is -0.394 e. The number of hydrogen-bond acceptors (Lipinski definition) is 5. The normalized spacial score (nSPS) is 16.9. The molecule has 3 N–H and O–H groups in total. The Labute approximate surface area is 145 Å². The Kier molecular flexibility index (Phi) is 5.33. The predicted octanol–water partition coefficient (Wildman–Crippen LogP) is 2.63. The van der Waals surface area contributed by atoms with Crippen LogP contribution >= 0.6 is 11.3 Å². The summed E-state index contributed by atoms with van der Waals surface area (Å²) in [6, 6.07) is 5.72. The molecule has 1 aliphatic carbocycles. The molecule has 2 aromatic heterocycles. The SMILES string of the molecule is O=C(CC1(O)CCCCC1)Nc1cc(-c2cccs2)nn1CCO. The summed E-state index contributed by atoms with van der Waals surface area (Å²) in [5.41, 5.74) is -0.120. The fraction of sp³-hybridized carbons (Fsp3) is 0.529. The van der Waals surface area contributed by atoms with E-state index in [1.165, 1.54) is 0 Å². The van der Waals surface area contributed by atoms with Gasteiger partial charge < -0.3 is 15.5 Å². The van der Waals surface area contributed by atoms with Crippen LogP contribution in [0.2, 0.25) is 0 Å². The molecule has 1 amide bonds. The average molecular weight is 349 g/mol. The molecule has 0 radical (unpaired) electrons. The summed E-state index contributed by atoms with van der Waals surface area (Å²) < 4.78 is 1.60. The van der Waals surface area contributed by atoms with Gasteiger partial charge in [-0.2, -0.15) is 5.10 Å². The van der Waals surface area contributed by atoms with Crippen molar-refractivity contribution in [2.45, 2.75) is 50.7 Å². The molecular formula is C17H23N3O3S. The molecule has 1 fully saturated rings. The average Bonchev–Trinajstić information content (AvgIpc) is 3.18. The number of amides is 1. The molecule has 130 valence electrons. The zero-order valence-electron chi connectivity index (χ0n) is 13.6. The second-order valence-corrected chi connectivity index (χ2v) is 7.30. The maximum atomic E-state index is 12.4. The third-order valence-corrected chi connectivity index (χ3v) is 5.30. The quantitative estimate of drug-likeness (QED) is 0.748. The van der Waals surface area contributed by atoms with Gasteiger partial charge in [-0.3, -0.25) is 4.79 Å². The van der Waals surface area contributed by atoms with Crippen molar-refractivity contribution in [3.63, 3.8) is 0 Å². The molecular weight excluding hydrogens is 326 g/mol. The smallest absolute Gasteiger partial charge is 0.228 e. The third-order valence-electron chi connectivity index (χ3n) is 4.41. The van der Waals surface area contributed by atoms with Gasteiger partial charge in [0.05, 0.1) is 30.1 Å². The van der Waals surface area contributed by atoms with Crippen LogP contribution < -0.4 is 5.32 Å². The lowest BCUT2D eigenvalue weighted by molar-refractivity contribution is -0.122. The van der Waals surface area contributed by atoms with Crippen LogP contribution in [0.3, 0.4) is 0 Å². The number of anilines is 1. The highest BCUT2D eigenvalue weighted by molar-refractivity contribution is 7.13. The van der Waals surface area contributed by atoms with E-state index >= 15 is 0 Å². The molecule has 2 aromatic rings. The van der Waals surface area contributed by atoms with Gasteiger partial charge in [0, 0.05) is 6.07 Å². The Morgan fingerprint density at radius 1 is 1.38 bits per heavy atom. The van der Waals surface area contributed by atoms with Crippen molar-refractivity contribution in [1.29, 1.82) is 0 Å². The van der Waals surface area contributed by atoms with Gasteiger partial charge >= 0.3 is 0 Å². The van der Waals surface area contributed by atoms with Gasteiger partial charge in [0.15, 0.2) is 0 Å². The molecule has 24 heavy (non-hydrogen) atoms. The molecule has 0 aliphatic heterocycles. The van der Waals surface area contributed by atoms with Crippen LogP contribution in [0.25, 0.3) is 10.6 Å². The van der Waals surface area contributed by atoms with Gasteiger partial charge in [0.2, 0.25) is 5.91 Å². The van der Waals surface area contributed by atoms with Crippen LogP contribution in [0.4, 0.5) is 5.82 Å². The van der Waals surface area contributed by atoms with Gasteiger partial charge in [-0.25, -0.2) is 4.68 Å². The fourth-order valence-corrected chi connectivity index (χ4v) is 3.88. The first-order chi connectivity index (χ1) is 11.6. The van der Waals surface area contributed by atoms with E-state index in [2.05, 4.69) is 10.4 Å². The first-order valence-electron chi connectivity index (χ1n) is 8.34. The van der Waals surface area contributed by atoms with Crippen molar-refractivity contribution in [2.75, 3.05) is 11.9 Å². The minimum atomic E-state index is -0.888. The number of nitrogens with one attached hydrogen (secondary N) is 1. The van der Waals surface area contributed by atoms with Gasteiger partial charge in [-0.15, -0.1) is 11.3 Å². The maximum Gasteiger partial charge on any atom is 0.228 e. The minimum absolute atomic E-state index is 0.0572. The topological polar surface area (TPSA) is 87.4 Å². The molecule has 0 aromatic carbocycles. The monoisotopic (exact) mass is 349 g/mol. The van der Waals surface area contributed by atoms with Crippen molar-refractivity contribution in [3.8, 4) is 10.6 Å². The second kappa shape index (κ2) is 7.46. The van der Waals surface area contributed by atoms with Crippen LogP contribution in [0.15, 0.2) is 23.6 Å². The van der Waals surface area contributed by atoms with Crippen molar-refractivity contribution in [1.82, 2.24) is 9.78 Å². The molecule has 0 spiro atoms. The molecule has 0 unspecified atom stereocenters. The van der Waals surface area contributed by atoms with E-state index in [4.69, 9.17) is 0 Å². The number of carbonyl (C=O) groups is 1. The van der Waals surface area contributed by atoms with E-state index in [-0.39, 0.29) is 18.9 Å². The number of hydrogen-bond donors (Lipinski definition) is 3. The van der Waals surface area contributed by atoms with E-state index < -0.39 is 5.60 Å². The van der Waals surface area contributed by atoms with Crippen molar-refractivity contribution < 1.29 is 15.0 Å². The number of nitrogens with zero attached hydrogens (tertiary/aromatic N) is 2. The Morgan fingerprint density at radius 2 is 2.17 bits per heavy atom. The molecule has 1 saturated carbocycles. The third kappa shape index (κ3) is 4.03. The van der Waals surface area contributed by atoms with E-state index in [0.29, 0.717) is 25.2 Å². The van der Waals surface area contributed by atoms with E-state index in [0.717, 1.165) is 29.8 Å². The number of aromatic nitrogens is 2. The van der Waals surface area contributed by atoms with Crippen LogP contribution in [0.1, 0.15) is 38.5 Å². The number of carbonyl (C=O) groups excluding carboxylic acids is 1. The fourth-order valence-electron chi connectivity index (χ4n) is 3.20. The lowest BCUT2D eigenvalue weighted by Gasteiger charge is -2.31. The largest absolute Gasteiger partial charge is 0.394 e. The highest BCUT2D eigenvalue weighted by Crippen LogP contribution is 2.31. The van der Waals surface area contributed by atoms with Crippen LogP contribution in [-0.4, -0.2) is 38.1 Å². The van der Waals surface area contributed by atoms with Gasteiger partial charge in [-0.05, 0) is 24.3 Å². The Balaban J connectivity index is 1.72. The highest BCUT2D eigenvalue weighted by atomic mass is 32.1. The Hall–Kier alpha value is -1.70. The summed E-state index contributed by atoms with van der Waals surface area (Å²) in [7, 11) is 0. The predicted molar refractivity (Wildman–Crippen MR) is 93.9 cm³/mol. The molecule has 3 rings (SSSR count). The van der Waals surface area contributed by atoms with E-state index in [9.17, 15) is 15.0 Å². The molecule has 2 heterocycles. The highest BCUT2D eigenvalue weighted by Gasteiger charge is 2.32. The van der Waals surface area contributed by atoms with Crippen molar-refractivity contribution >= 4 is 23.1 Å². The Morgan fingerprint density at radius 3 is 2.83 bits per heavy atom. The summed E-state index contributed by atoms with van der Waals surface area (Å²) in [5.74, 6) is 0.341. The summed E-state index contributed by atoms with van der Waals surface area (Å²) in [4.78, 5) is 13.4. The summed E-state index contributed by atoms with van der Waals surface area (Å²) in [6.07, 6.45) is 4.51. The standard InChI is InChI=1S/C17H23N3O3S/c21-9-8-20-15(11-13(19-20)14-5-4-10-24-14)18-16(22)12-17(23)6-2-1-3-7-17/h4-5,10-11,21,23H,1-3,6-9,12H2,(H,18,22). The van der Waals surface area contributed by atoms with E-state index in [1.54, 1.807) is 16.0 Å². The van der Waals surface area contributed by atoms with Crippen molar-refractivity contribution in [3.05, 3.63) is 23.6 Å². The Bertz CT molecular complexity index is 675. The first-order valence-corrected chi connectivity index (χ1v) is 9.22. The van der Waals surface area contributed by atoms with Crippen LogP contribution in [-0.2, 0) is 11.3 Å². The number of thiophene rings is 1. The molecule has 0 bridgehead atoms. The summed E-state index contributed by atoms with van der Waals surface area (Å²) in [6.45, 7) is 0.254. The molecule has 6 nitrogen and oxygen atoms in total. The summed E-state index contributed by atoms with van der Waals surface area (Å²) >= 11 is 1.57. The van der Waals surface area contributed by atoms with Gasteiger partial charge in [-0.1, -0.05) is 25.3 Å². The first kappa shape index (κ1) is 17.1. The second-order valence-electron chi connectivity index (χ2n) is 6.35. The zero-order valence-corrected chi connectivity index (χ0v) is 14.4.